The summed E-state index contributed by atoms with van der Waals surface area (Å²) in [5.74, 6) is -2.51. The molecule has 0 aliphatic heterocycles. The number of aliphatic hydroxyl groups excluding tert-OH is 1. The highest BCUT2D eigenvalue weighted by molar-refractivity contribution is 9.10. The van der Waals surface area contributed by atoms with Crippen LogP contribution >= 0.6 is 15.9 Å². The van der Waals surface area contributed by atoms with E-state index in [9.17, 15) is 29.4 Å². The molecule has 0 saturated carbocycles. The minimum Gasteiger partial charge on any atom is -0.480 e. The van der Waals surface area contributed by atoms with Gasteiger partial charge in [0.1, 0.15) is 18.1 Å². The molecule has 0 radical (unpaired) electrons. The number of amides is 4. The molecule has 1 aromatic carbocycles. The Morgan fingerprint density at radius 3 is 1.79 bits per heavy atom. The normalized spacial score (nSPS) is 13.7. The summed E-state index contributed by atoms with van der Waals surface area (Å²) in [6.45, 7) is 6.69. The first-order chi connectivity index (χ1) is 15.4. The van der Waals surface area contributed by atoms with Crippen molar-refractivity contribution in [2.75, 3.05) is 11.9 Å². The zero-order valence-corrected chi connectivity index (χ0v) is 20.8. The highest BCUT2D eigenvalue weighted by Crippen LogP contribution is 2.14. The predicted molar refractivity (Wildman–Crippen MR) is 128 cm³/mol. The topological polar surface area (TPSA) is 157 Å². The Hall–Kier alpha value is -2.66. The van der Waals surface area contributed by atoms with E-state index in [0.29, 0.717) is 5.69 Å². The molecule has 10 nitrogen and oxygen atoms in total. The number of carboxylic acids is 1. The van der Waals surface area contributed by atoms with Crippen LogP contribution in [0.1, 0.15) is 40.5 Å². The molecule has 184 valence electrons. The lowest BCUT2D eigenvalue weighted by molar-refractivity contribution is -0.142. The zero-order chi connectivity index (χ0) is 25.1. The fourth-order valence-electron chi connectivity index (χ4n) is 2.99. The predicted octanol–water partition coefficient (Wildman–Crippen LogP) is 2.08. The Bertz CT molecular complexity index is 816. The molecule has 0 fully saturated rings. The summed E-state index contributed by atoms with van der Waals surface area (Å²) in [5, 5.41) is 28.9. The summed E-state index contributed by atoms with van der Waals surface area (Å²) >= 11 is 3.29. The van der Waals surface area contributed by atoms with Gasteiger partial charge in [-0.15, -0.1) is 0 Å². The van der Waals surface area contributed by atoms with E-state index < -0.39 is 48.5 Å². The lowest BCUT2D eigenvalue weighted by Gasteiger charge is -2.25. The first kappa shape index (κ1) is 28.4. The monoisotopic (exact) mass is 528 g/mol. The smallest absolute Gasteiger partial charge is 0.326 e. The molecule has 0 aliphatic carbocycles. The molecule has 11 heteroatoms. The van der Waals surface area contributed by atoms with Gasteiger partial charge in [0.2, 0.25) is 11.8 Å². The molecule has 0 saturated heterocycles. The highest BCUT2D eigenvalue weighted by Gasteiger charge is 2.30. The lowest BCUT2D eigenvalue weighted by Crippen LogP contribution is -2.57. The maximum atomic E-state index is 12.8. The van der Waals surface area contributed by atoms with E-state index in [2.05, 4.69) is 37.2 Å². The van der Waals surface area contributed by atoms with Gasteiger partial charge in [-0.05, 0) is 48.9 Å². The van der Waals surface area contributed by atoms with E-state index in [1.165, 1.54) is 0 Å². The number of carboxylic acid groups (broad SMARTS) is 1. The number of hydrogen-bond donors (Lipinski definition) is 6. The molecule has 1 aromatic rings. The summed E-state index contributed by atoms with van der Waals surface area (Å²) in [6.07, 6.45) is 0.481. The second-order valence-electron chi connectivity index (χ2n) is 8.56. The van der Waals surface area contributed by atoms with E-state index in [4.69, 9.17) is 0 Å². The number of hydrogen-bond acceptors (Lipinski definition) is 5. The fraction of sp³-hybridized carbons (Fsp3) is 0.545. The van der Waals surface area contributed by atoms with E-state index >= 15 is 0 Å². The number of nitrogens with one attached hydrogen (secondary N) is 4. The zero-order valence-electron chi connectivity index (χ0n) is 19.2. The Labute approximate surface area is 202 Å². The van der Waals surface area contributed by atoms with Crippen LogP contribution in [-0.4, -0.2) is 58.8 Å². The van der Waals surface area contributed by atoms with Crippen molar-refractivity contribution in [1.82, 2.24) is 16.0 Å². The van der Waals surface area contributed by atoms with Gasteiger partial charge in [0, 0.05) is 10.2 Å². The van der Waals surface area contributed by atoms with Gasteiger partial charge >= 0.3 is 12.0 Å². The number of urea groups is 1. The number of carbonyl (C=O) groups excluding carboxylic acids is 3. The molecule has 0 spiro atoms. The van der Waals surface area contributed by atoms with Gasteiger partial charge < -0.3 is 31.5 Å². The quantitative estimate of drug-likeness (QED) is 0.244. The number of aliphatic hydroxyl groups is 1. The second kappa shape index (κ2) is 13.8. The van der Waals surface area contributed by atoms with Crippen LogP contribution in [0.3, 0.4) is 0 Å². The molecule has 3 atom stereocenters. The van der Waals surface area contributed by atoms with E-state index in [1.54, 1.807) is 24.3 Å². The van der Waals surface area contributed by atoms with Gasteiger partial charge in [0.05, 0.1) is 6.61 Å². The molecule has 0 aliphatic rings. The van der Waals surface area contributed by atoms with Crippen molar-refractivity contribution in [3.05, 3.63) is 28.7 Å². The van der Waals surface area contributed by atoms with Gasteiger partial charge in [-0.2, -0.15) is 0 Å². The molecular weight excluding hydrogens is 496 g/mol. The Morgan fingerprint density at radius 2 is 1.30 bits per heavy atom. The number of benzene rings is 1. The summed E-state index contributed by atoms with van der Waals surface area (Å²) in [6, 6.07) is 2.61. The Balaban J connectivity index is 2.82. The van der Waals surface area contributed by atoms with Crippen molar-refractivity contribution in [3.8, 4) is 0 Å². The Kier molecular flexibility index (Phi) is 11.9. The standard InChI is InChI=1S/C22H33BrN4O6/c1-12(2)9-16(19(29)26-17(21(31)32)10-13(3)4)25-20(30)18(11-28)27-22(33)24-15-7-5-14(23)6-8-15/h5-8,12-13,16-18,28H,9-11H2,1-4H3,(H,25,30)(H,26,29)(H,31,32)(H2,24,27,33). The molecule has 33 heavy (non-hydrogen) atoms. The van der Waals surface area contributed by atoms with Crippen LogP contribution < -0.4 is 21.3 Å². The second-order valence-corrected chi connectivity index (χ2v) is 9.48. The third kappa shape index (κ3) is 10.7. The first-order valence-electron chi connectivity index (χ1n) is 10.7. The molecule has 3 unspecified atom stereocenters. The number of carbonyl (C=O) groups is 4. The van der Waals surface area contributed by atoms with Crippen LogP contribution in [0.2, 0.25) is 0 Å². The number of halogens is 1. The van der Waals surface area contributed by atoms with Gasteiger partial charge in [-0.1, -0.05) is 43.6 Å². The van der Waals surface area contributed by atoms with Gasteiger partial charge in [-0.25, -0.2) is 9.59 Å². The largest absolute Gasteiger partial charge is 0.480 e. The molecule has 6 N–H and O–H groups in total. The average molecular weight is 529 g/mol. The molecule has 0 heterocycles. The van der Waals surface area contributed by atoms with Crippen LogP contribution in [0.4, 0.5) is 10.5 Å². The third-order valence-electron chi connectivity index (χ3n) is 4.57. The van der Waals surface area contributed by atoms with E-state index in [1.807, 2.05) is 27.7 Å². The van der Waals surface area contributed by atoms with Crippen molar-refractivity contribution in [2.45, 2.75) is 58.7 Å². The maximum absolute atomic E-state index is 12.8. The summed E-state index contributed by atoms with van der Waals surface area (Å²) < 4.78 is 0.828. The van der Waals surface area contributed by atoms with Crippen molar-refractivity contribution < 1.29 is 29.4 Å². The lowest BCUT2D eigenvalue weighted by atomic mass is 10.0. The van der Waals surface area contributed by atoms with Gasteiger partial charge in [-0.3, -0.25) is 9.59 Å². The summed E-state index contributed by atoms with van der Waals surface area (Å²) in [5.41, 5.74) is 0.481. The summed E-state index contributed by atoms with van der Waals surface area (Å²) in [7, 11) is 0. The average Bonchev–Trinajstić information content (AvgIpc) is 2.71. The van der Waals surface area contributed by atoms with Crippen molar-refractivity contribution in [3.63, 3.8) is 0 Å². The van der Waals surface area contributed by atoms with Gasteiger partial charge in [0.15, 0.2) is 0 Å². The number of aliphatic carboxylic acids is 1. The first-order valence-corrected chi connectivity index (χ1v) is 11.5. The van der Waals surface area contributed by atoms with Gasteiger partial charge in [0.25, 0.3) is 0 Å². The summed E-state index contributed by atoms with van der Waals surface area (Å²) in [4.78, 5) is 49.2. The molecule has 0 aromatic heterocycles. The van der Waals surface area contributed by atoms with E-state index in [-0.39, 0.29) is 24.7 Å². The minimum atomic E-state index is -1.31. The van der Waals surface area contributed by atoms with Crippen molar-refractivity contribution in [2.24, 2.45) is 11.8 Å². The third-order valence-corrected chi connectivity index (χ3v) is 5.10. The molecule has 4 amide bonds. The van der Waals surface area contributed by atoms with Crippen molar-refractivity contribution in [1.29, 1.82) is 0 Å². The van der Waals surface area contributed by atoms with Crippen LogP contribution in [0, 0.1) is 11.8 Å². The molecule has 0 bridgehead atoms. The minimum absolute atomic E-state index is 0.00988. The SMILES string of the molecule is CC(C)CC(NC(=O)C(CC(C)C)NC(=O)C(CO)NC(=O)Nc1ccc(Br)cc1)C(=O)O. The Morgan fingerprint density at radius 1 is 0.818 bits per heavy atom. The number of anilines is 1. The molecule has 1 rings (SSSR count). The van der Waals surface area contributed by atoms with Crippen molar-refractivity contribution >= 4 is 45.4 Å². The van der Waals surface area contributed by atoms with Crippen LogP contribution in [0.15, 0.2) is 28.7 Å². The van der Waals surface area contributed by atoms with E-state index in [0.717, 1.165) is 4.47 Å². The highest BCUT2D eigenvalue weighted by atomic mass is 79.9. The molecular formula is C22H33BrN4O6. The van der Waals surface area contributed by atoms with Crippen LogP contribution in [0.25, 0.3) is 0 Å². The number of rotatable bonds is 12. The van der Waals surface area contributed by atoms with Crippen LogP contribution in [0.5, 0.6) is 0 Å². The maximum Gasteiger partial charge on any atom is 0.326 e. The van der Waals surface area contributed by atoms with Crippen LogP contribution in [-0.2, 0) is 14.4 Å². The fourth-order valence-corrected chi connectivity index (χ4v) is 3.26.